The maximum atomic E-state index is 11.5. The number of aromatic amines is 1. The fourth-order valence-corrected chi connectivity index (χ4v) is 2.78. The third-order valence-corrected chi connectivity index (χ3v) is 4.13. The molecule has 114 valence electrons. The summed E-state index contributed by atoms with van der Waals surface area (Å²) in [5, 5.41) is 6.34. The minimum Gasteiger partial charge on any atom is -0.497 e. The van der Waals surface area contributed by atoms with Crippen LogP contribution in [-0.4, -0.2) is 30.4 Å². The normalized spacial score (nSPS) is 14.6. The molecule has 1 aromatic carbocycles. The minimum absolute atomic E-state index is 0.188. The van der Waals surface area contributed by atoms with E-state index in [-0.39, 0.29) is 10.6 Å². The lowest BCUT2D eigenvalue weighted by atomic mass is 9.99. The summed E-state index contributed by atoms with van der Waals surface area (Å²) in [6, 6.07) is 8.02. The van der Waals surface area contributed by atoms with Gasteiger partial charge in [-0.3, -0.25) is 4.79 Å². The molecule has 0 bridgehead atoms. The van der Waals surface area contributed by atoms with Gasteiger partial charge in [-0.15, -0.1) is 0 Å². The van der Waals surface area contributed by atoms with E-state index in [1.54, 1.807) is 13.3 Å². The van der Waals surface area contributed by atoms with Crippen LogP contribution in [0.2, 0.25) is 5.02 Å². The van der Waals surface area contributed by atoms with Crippen molar-refractivity contribution in [3.8, 4) is 5.75 Å². The van der Waals surface area contributed by atoms with Crippen LogP contribution >= 0.6 is 11.6 Å². The zero-order valence-electron chi connectivity index (χ0n) is 12.2. The number of ether oxygens (including phenoxy) is 1. The zero-order chi connectivity index (χ0) is 15.5. The Hall–Kier alpha value is -2.27. The summed E-state index contributed by atoms with van der Waals surface area (Å²) >= 11 is 6.06. The van der Waals surface area contributed by atoms with Gasteiger partial charge < -0.3 is 9.64 Å². The lowest BCUT2D eigenvalue weighted by Crippen LogP contribution is -2.30. The van der Waals surface area contributed by atoms with Crippen molar-refractivity contribution in [1.82, 2.24) is 10.2 Å². The molecule has 0 saturated heterocycles. The zero-order valence-corrected chi connectivity index (χ0v) is 12.9. The number of rotatable bonds is 3. The van der Waals surface area contributed by atoms with Crippen LogP contribution in [0.1, 0.15) is 12.0 Å². The molecule has 1 aromatic heterocycles. The summed E-state index contributed by atoms with van der Waals surface area (Å²) in [6.45, 7) is 1.48. The van der Waals surface area contributed by atoms with E-state index in [1.807, 2.05) is 23.1 Å². The van der Waals surface area contributed by atoms with E-state index in [2.05, 4.69) is 22.3 Å². The molecule has 1 N–H and O–H groups in total. The predicted octanol–water partition coefficient (Wildman–Crippen LogP) is 2.73. The fourth-order valence-electron chi connectivity index (χ4n) is 2.57. The van der Waals surface area contributed by atoms with Crippen LogP contribution in [0.15, 0.2) is 41.3 Å². The smallest absolute Gasteiger partial charge is 0.285 e. The number of nitrogens with one attached hydrogen (secondary N) is 1. The Labute approximate surface area is 133 Å². The van der Waals surface area contributed by atoms with Crippen LogP contribution in [-0.2, 0) is 0 Å². The van der Waals surface area contributed by atoms with Crippen LogP contribution < -0.4 is 15.2 Å². The molecular formula is C16H16ClN3O2. The molecule has 0 spiro atoms. The highest BCUT2D eigenvalue weighted by Crippen LogP contribution is 2.29. The van der Waals surface area contributed by atoms with Gasteiger partial charge in [0.2, 0.25) is 0 Å². The Kier molecular flexibility index (Phi) is 4.15. The Morgan fingerprint density at radius 2 is 2.27 bits per heavy atom. The highest BCUT2D eigenvalue weighted by Gasteiger charge is 2.17. The van der Waals surface area contributed by atoms with E-state index in [9.17, 15) is 4.79 Å². The Morgan fingerprint density at radius 3 is 3.00 bits per heavy atom. The summed E-state index contributed by atoms with van der Waals surface area (Å²) in [5.74, 6) is 0.850. The number of benzene rings is 1. The molecule has 22 heavy (non-hydrogen) atoms. The number of methoxy groups -OCH3 is 1. The molecule has 5 nitrogen and oxygen atoms in total. The van der Waals surface area contributed by atoms with Crippen LogP contribution in [0.4, 0.5) is 5.69 Å². The standard InChI is InChI=1S/C16H16ClN3O2/c1-22-13-4-2-3-12(9-13)11-5-7-20(8-6-11)14-10-18-19-16(21)15(14)17/h2-5,9-10H,6-8H2,1H3,(H,19,21). The molecule has 2 aromatic rings. The molecule has 0 atom stereocenters. The van der Waals surface area contributed by atoms with E-state index in [0.29, 0.717) is 12.2 Å². The van der Waals surface area contributed by atoms with E-state index in [0.717, 1.165) is 24.3 Å². The molecule has 0 amide bonds. The predicted molar refractivity (Wildman–Crippen MR) is 87.7 cm³/mol. The van der Waals surface area contributed by atoms with Gasteiger partial charge in [-0.1, -0.05) is 29.8 Å². The van der Waals surface area contributed by atoms with Crippen molar-refractivity contribution in [2.24, 2.45) is 0 Å². The molecular weight excluding hydrogens is 302 g/mol. The number of aromatic nitrogens is 2. The first-order valence-corrected chi connectivity index (χ1v) is 7.38. The first-order chi connectivity index (χ1) is 10.7. The lowest BCUT2D eigenvalue weighted by molar-refractivity contribution is 0.414. The van der Waals surface area contributed by atoms with Gasteiger partial charge >= 0.3 is 0 Å². The maximum Gasteiger partial charge on any atom is 0.285 e. The topological polar surface area (TPSA) is 58.2 Å². The first kappa shape index (κ1) is 14.7. The number of halogens is 1. The van der Waals surface area contributed by atoms with Crippen molar-refractivity contribution in [3.63, 3.8) is 0 Å². The summed E-state index contributed by atoms with van der Waals surface area (Å²) in [4.78, 5) is 13.6. The SMILES string of the molecule is COc1cccc(C2=CCN(c3cn[nH]c(=O)c3Cl)CC2)c1. The molecule has 0 fully saturated rings. The molecule has 0 saturated carbocycles. The van der Waals surface area contributed by atoms with Crippen LogP contribution in [0, 0.1) is 0 Å². The quantitative estimate of drug-likeness (QED) is 0.945. The monoisotopic (exact) mass is 317 g/mol. The Morgan fingerprint density at radius 1 is 1.41 bits per heavy atom. The van der Waals surface area contributed by atoms with Gasteiger partial charge in [0, 0.05) is 13.1 Å². The fraction of sp³-hybridized carbons (Fsp3) is 0.250. The van der Waals surface area contributed by atoms with E-state index in [4.69, 9.17) is 16.3 Å². The molecule has 0 aliphatic carbocycles. The van der Waals surface area contributed by atoms with Gasteiger partial charge in [0.15, 0.2) is 0 Å². The highest BCUT2D eigenvalue weighted by atomic mass is 35.5. The van der Waals surface area contributed by atoms with Gasteiger partial charge in [-0.2, -0.15) is 5.10 Å². The number of H-pyrrole nitrogens is 1. The second-order valence-electron chi connectivity index (χ2n) is 5.06. The Balaban J connectivity index is 1.82. The van der Waals surface area contributed by atoms with Gasteiger partial charge in [0.05, 0.1) is 19.0 Å². The third kappa shape index (κ3) is 2.85. The summed E-state index contributed by atoms with van der Waals surface area (Å²) in [7, 11) is 1.66. The molecule has 1 aliphatic heterocycles. The summed E-state index contributed by atoms with van der Waals surface area (Å²) < 4.78 is 5.26. The van der Waals surface area contributed by atoms with Gasteiger partial charge in [-0.25, -0.2) is 5.10 Å². The Bertz CT molecular complexity index is 770. The molecule has 2 heterocycles. The van der Waals surface area contributed by atoms with E-state index < -0.39 is 0 Å². The third-order valence-electron chi connectivity index (χ3n) is 3.77. The molecule has 3 rings (SSSR count). The van der Waals surface area contributed by atoms with Crippen molar-refractivity contribution < 1.29 is 4.74 Å². The molecule has 0 radical (unpaired) electrons. The number of hydrogen-bond acceptors (Lipinski definition) is 4. The molecule has 0 unspecified atom stereocenters. The first-order valence-electron chi connectivity index (χ1n) is 7.00. The number of hydrogen-bond donors (Lipinski definition) is 1. The average Bonchev–Trinajstić information content (AvgIpc) is 2.58. The van der Waals surface area contributed by atoms with Crippen molar-refractivity contribution >= 4 is 22.9 Å². The minimum atomic E-state index is -0.360. The summed E-state index contributed by atoms with van der Waals surface area (Å²) in [6.07, 6.45) is 4.61. The molecule has 1 aliphatic rings. The van der Waals surface area contributed by atoms with E-state index >= 15 is 0 Å². The van der Waals surface area contributed by atoms with Gasteiger partial charge in [0.25, 0.3) is 5.56 Å². The summed E-state index contributed by atoms with van der Waals surface area (Å²) in [5.41, 5.74) is 2.74. The highest BCUT2D eigenvalue weighted by molar-refractivity contribution is 6.33. The van der Waals surface area contributed by atoms with Crippen molar-refractivity contribution in [2.45, 2.75) is 6.42 Å². The van der Waals surface area contributed by atoms with E-state index in [1.165, 1.54) is 5.57 Å². The largest absolute Gasteiger partial charge is 0.497 e. The second-order valence-corrected chi connectivity index (χ2v) is 5.43. The van der Waals surface area contributed by atoms with Crippen molar-refractivity contribution in [3.05, 3.63) is 57.5 Å². The number of anilines is 1. The van der Waals surface area contributed by atoms with Crippen LogP contribution in [0.25, 0.3) is 5.57 Å². The average molecular weight is 318 g/mol. The lowest BCUT2D eigenvalue weighted by Gasteiger charge is -2.28. The van der Waals surface area contributed by atoms with Crippen LogP contribution in [0.3, 0.4) is 0 Å². The van der Waals surface area contributed by atoms with Gasteiger partial charge in [0.1, 0.15) is 10.8 Å². The van der Waals surface area contributed by atoms with Crippen LogP contribution in [0.5, 0.6) is 5.75 Å². The molecule has 6 heteroatoms. The van der Waals surface area contributed by atoms with Crippen molar-refractivity contribution in [1.29, 1.82) is 0 Å². The number of nitrogens with zero attached hydrogens (tertiary/aromatic N) is 2. The van der Waals surface area contributed by atoms with Crippen molar-refractivity contribution in [2.75, 3.05) is 25.1 Å². The second kappa shape index (κ2) is 6.23. The maximum absolute atomic E-state index is 11.5. The van der Waals surface area contributed by atoms with Gasteiger partial charge in [-0.05, 0) is 29.7 Å².